The highest BCUT2D eigenvalue weighted by molar-refractivity contribution is 5.72. The Balaban J connectivity index is 1.96. The second kappa shape index (κ2) is 6.39. The first-order valence-electron chi connectivity index (χ1n) is 7.19. The summed E-state index contributed by atoms with van der Waals surface area (Å²) in [4.78, 5) is 0. The molecule has 0 aliphatic heterocycles. The number of hydrogen-bond donors (Lipinski definition) is 3. The maximum atomic E-state index is 10.0. The standard InChI is InChI=1S/C18H18N4O/c19-21(14-7-3-1-4-8-14)16-11-17(13-18(23)12-16)22(20)15-9-5-2-6-10-15/h1-13,23H,19-20H2. The molecule has 5 N–H and O–H groups in total. The van der Waals surface area contributed by atoms with Gasteiger partial charge in [0.15, 0.2) is 0 Å². The highest BCUT2D eigenvalue weighted by atomic mass is 16.3. The molecule has 0 radical (unpaired) electrons. The lowest BCUT2D eigenvalue weighted by atomic mass is 10.2. The zero-order chi connectivity index (χ0) is 16.2. The Labute approximate surface area is 134 Å². The third-order valence-electron chi connectivity index (χ3n) is 3.51. The number of aromatic hydroxyl groups is 1. The summed E-state index contributed by atoms with van der Waals surface area (Å²) < 4.78 is 0. The van der Waals surface area contributed by atoms with E-state index in [4.69, 9.17) is 11.7 Å². The van der Waals surface area contributed by atoms with Crippen LogP contribution in [-0.2, 0) is 0 Å². The molecule has 0 aliphatic carbocycles. The number of hydrogen-bond acceptors (Lipinski definition) is 5. The maximum Gasteiger partial charge on any atom is 0.119 e. The third-order valence-corrected chi connectivity index (χ3v) is 3.51. The van der Waals surface area contributed by atoms with E-state index in [1.54, 1.807) is 12.1 Å². The normalized spacial score (nSPS) is 10.3. The van der Waals surface area contributed by atoms with Crippen LogP contribution in [0.15, 0.2) is 78.9 Å². The van der Waals surface area contributed by atoms with Gasteiger partial charge < -0.3 is 5.11 Å². The van der Waals surface area contributed by atoms with Crippen molar-refractivity contribution in [3.8, 4) is 5.75 Å². The summed E-state index contributed by atoms with van der Waals surface area (Å²) in [6, 6.07) is 24.0. The molecule has 3 aromatic rings. The van der Waals surface area contributed by atoms with Crippen molar-refractivity contribution in [2.24, 2.45) is 11.7 Å². The predicted molar refractivity (Wildman–Crippen MR) is 93.6 cm³/mol. The highest BCUT2D eigenvalue weighted by Crippen LogP contribution is 2.32. The third kappa shape index (κ3) is 3.26. The molecule has 3 aromatic carbocycles. The number of para-hydroxylation sites is 2. The topological polar surface area (TPSA) is 78.8 Å². The fourth-order valence-electron chi connectivity index (χ4n) is 2.33. The number of phenols is 1. The summed E-state index contributed by atoms with van der Waals surface area (Å²) in [7, 11) is 0. The highest BCUT2D eigenvalue weighted by Gasteiger charge is 2.11. The average Bonchev–Trinajstić information content (AvgIpc) is 2.61. The van der Waals surface area contributed by atoms with Crippen molar-refractivity contribution < 1.29 is 5.11 Å². The lowest BCUT2D eigenvalue weighted by Crippen LogP contribution is -2.27. The van der Waals surface area contributed by atoms with E-state index in [0.717, 1.165) is 11.4 Å². The molecule has 0 saturated carbocycles. The number of hydrazine groups is 2. The van der Waals surface area contributed by atoms with E-state index in [2.05, 4.69) is 0 Å². The van der Waals surface area contributed by atoms with Gasteiger partial charge in [-0.15, -0.1) is 0 Å². The molecule has 0 unspecified atom stereocenters. The lowest BCUT2D eigenvalue weighted by molar-refractivity contribution is 0.475. The number of benzene rings is 3. The van der Waals surface area contributed by atoms with E-state index in [9.17, 15) is 5.11 Å². The molecule has 0 heterocycles. The molecule has 116 valence electrons. The summed E-state index contributed by atoms with van der Waals surface area (Å²) in [6.07, 6.45) is 0. The van der Waals surface area contributed by atoms with Crippen molar-refractivity contribution in [1.29, 1.82) is 0 Å². The van der Waals surface area contributed by atoms with Crippen molar-refractivity contribution in [2.75, 3.05) is 10.0 Å². The van der Waals surface area contributed by atoms with Crippen molar-refractivity contribution in [1.82, 2.24) is 0 Å². The first-order valence-corrected chi connectivity index (χ1v) is 7.19. The summed E-state index contributed by atoms with van der Waals surface area (Å²) in [5, 5.41) is 13.0. The number of nitrogens with two attached hydrogens (primary N) is 2. The second-order valence-electron chi connectivity index (χ2n) is 5.12. The van der Waals surface area contributed by atoms with E-state index in [1.807, 2.05) is 66.7 Å². The van der Waals surface area contributed by atoms with Crippen LogP contribution in [0.2, 0.25) is 0 Å². The van der Waals surface area contributed by atoms with Gasteiger partial charge in [-0.25, -0.2) is 11.7 Å². The Kier molecular flexibility index (Phi) is 4.14. The molecule has 0 bridgehead atoms. The molecule has 23 heavy (non-hydrogen) atoms. The van der Waals surface area contributed by atoms with Crippen LogP contribution in [0.25, 0.3) is 0 Å². The fraction of sp³-hybridized carbons (Fsp3) is 0. The van der Waals surface area contributed by atoms with Gasteiger partial charge in [0, 0.05) is 12.1 Å². The van der Waals surface area contributed by atoms with Gasteiger partial charge in [-0.2, -0.15) is 0 Å². The SMILES string of the molecule is NN(c1ccccc1)c1cc(O)cc(N(N)c2ccccc2)c1. The van der Waals surface area contributed by atoms with Crippen LogP contribution < -0.4 is 21.7 Å². The monoisotopic (exact) mass is 306 g/mol. The van der Waals surface area contributed by atoms with E-state index >= 15 is 0 Å². The van der Waals surface area contributed by atoms with Gasteiger partial charge in [0.1, 0.15) is 5.75 Å². The maximum absolute atomic E-state index is 10.0. The molecule has 0 fully saturated rings. The van der Waals surface area contributed by atoms with Crippen molar-refractivity contribution in [3.63, 3.8) is 0 Å². The minimum atomic E-state index is 0.0928. The van der Waals surface area contributed by atoms with E-state index in [-0.39, 0.29) is 5.75 Å². The van der Waals surface area contributed by atoms with Crippen LogP contribution in [-0.4, -0.2) is 5.11 Å². The molecule has 0 aliphatic rings. The Morgan fingerprint density at radius 1 is 0.565 bits per heavy atom. The van der Waals surface area contributed by atoms with E-state index < -0.39 is 0 Å². The minimum absolute atomic E-state index is 0.0928. The van der Waals surface area contributed by atoms with Gasteiger partial charge in [-0.1, -0.05) is 36.4 Å². The van der Waals surface area contributed by atoms with Gasteiger partial charge in [0.2, 0.25) is 0 Å². The Morgan fingerprint density at radius 2 is 0.957 bits per heavy atom. The van der Waals surface area contributed by atoms with Crippen molar-refractivity contribution in [3.05, 3.63) is 78.9 Å². The molecular weight excluding hydrogens is 288 g/mol. The van der Waals surface area contributed by atoms with Crippen LogP contribution in [0.5, 0.6) is 5.75 Å². The first kappa shape index (κ1) is 14.9. The summed E-state index contributed by atoms with van der Waals surface area (Å²) in [6.45, 7) is 0. The fourth-order valence-corrected chi connectivity index (χ4v) is 2.33. The minimum Gasteiger partial charge on any atom is -0.508 e. The van der Waals surface area contributed by atoms with Gasteiger partial charge in [0.05, 0.1) is 22.7 Å². The van der Waals surface area contributed by atoms with Crippen LogP contribution in [0, 0.1) is 0 Å². The summed E-state index contributed by atoms with van der Waals surface area (Å²) >= 11 is 0. The van der Waals surface area contributed by atoms with Gasteiger partial charge in [-0.05, 0) is 30.3 Å². The van der Waals surface area contributed by atoms with Crippen LogP contribution in [0.3, 0.4) is 0 Å². The molecule has 0 spiro atoms. The molecule has 0 amide bonds. The van der Waals surface area contributed by atoms with Gasteiger partial charge in [-0.3, -0.25) is 10.0 Å². The van der Waals surface area contributed by atoms with E-state index in [1.165, 1.54) is 10.0 Å². The largest absolute Gasteiger partial charge is 0.508 e. The summed E-state index contributed by atoms with van der Waals surface area (Å²) in [5.74, 6) is 12.4. The molecule has 0 aromatic heterocycles. The summed E-state index contributed by atoms with van der Waals surface area (Å²) in [5.41, 5.74) is 2.90. The molecule has 5 heteroatoms. The number of rotatable bonds is 4. The second-order valence-corrected chi connectivity index (χ2v) is 5.12. The number of anilines is 4. The van der Waals surface area contributed by atoms with Gasteiger partial charge >= 0.3 is 0 Å². The van der Waals surface area contributed by atoms with Crippen LogP contribution in [0.1, 0.15) is 0 Å². The average molecular weight is 306 g/mol. The zero-order valence-electron chi connectivity index (χ0n) is 12.5. The molecule has 0 saturated heterocycles. The van der Waals surface area contributed by atoms with Crippen LogP contribution >= 0.6 is 0 Å². The van der Waals surface area contributed by atoms with Crippen molar-refractivity contribution >= 4 is 22.7 Å². The lowest BCUT2D eigenvalue weighted by Gasteiger charge is -2.23. The molecule has 5 nitrogen and oxygen atoms in total. The quantitative estimate of drug-likeness (QED) is 0.508. The number of phenolic OH excluding ortho intramolecular Hbond substituents is 1. The number of nitrogens with zero attached hydrogens (tertiary/aromatic N) is 2. The van der Waals surface area contributed by atoms with E-state index in [0.29, 0.717) is 11.4 Å². The van der Waals surface area contributed by atoms with Gasteiger partial charge in [0.25, 0.3) is 0 Å². The Bertz CT molecular complexity index is 714. The molecule has 3 rings (SSSR count). The molecule has 0 atom stereocenters. The first-order chi connectivity index (χ1) is 11.1. The predicted octanol–water partition coefficient (Wildman–Crippen LogP) is 3.42. The smallest absolute Gasteiger partial charge is 0.119 e. The Morgan fingerprint density at radius 3 is 1.35 bits per heavy atom. The van der Waals surface area contributed by atoms with Crippen molar-refractivity contribution in [2.45, 2.75) is 0 Å². The Hall–Kier alpha value is -3.02. The molecular formula is C18H18N4O. The van der Waals surface area contributed by atoms with Crippen LogP contribution in [0.4, 0.5) is 22.7 Å². The zero-order valence-corrected chi connectivity index (χ0v) is 12.5.